The summed E-state index contributed by atoms with van der Waals surface area (Å²) >= 11 is 0. The molecule has 17 heavy (non-hydrogen) atoms. The number of hydrogen-bond donors (Lipinski definition) is 2. The fraction of sp³-hybridized carbons (Fsp3) is 0.364. The molecule has 0 atom stereocenters. The summed E-state index contributed by atoms with van der Waals surface area (Å²) in [5.74, 6) is -0.248. The lowest BCUT2D eigenvalue weighted by Crippen LogP contribution is -2.14. The van der Waals surface area contributed by atoms with Crippen LogP contribution in [0.1, 0.15) is 25.3 Å². The summed E-state index contributed by atoms with van der Waals surface area (Å²) in [4.78, 5) is 11.3. The van der Waals surface area contributed by atoms with Crippen LogP contribution >= 0.6 is 0 Å². The number of carbonyl (C=O) groups is 1. The number of amides is 1. The maximum absolute atomic E-state index is 11.3. The van der Waals surface area contributed by atoms with Crippen molar-refractivity contribution in [1.29, 1.82) is 0 Å². The van der Waals surface area contributed by atoms with Crippen molar-refractivity contribution in [1.82, 2.24) is 0 Å². The molecular weight excluding hydrogens is 240 g/mol. The van der Waals surface area contributed by atoms with Crippen LogP contribution in [0.2, 0.25) is 0 Å². The zero-order chi connectivity index (χ0) is 12.9. The van der Waals surface area contributed by atoms with Gasteiger partial charge in [0.25, 0.3) is 0 Å². The first kappa shape index (κ1) is 13.7. The largest absolute Gasteiger partial charge is 0.326 e. The minimum Gasteiger partial charge on any atom is -0.326 e. The van der Waals surface area contributed by atoms with Gasteiger partial charge in [0.15, 0.2) is 0 Å². The molecule has 1 rings (SSSR count). The van der Waals surface area contributed by atoms with Crippen LogP contribution in [0.5, 0.6) is 0 Å². The van der Waals surface area contributed by atoms with Gasteiger partial charge in [-0.3, -0.25) is 4.79 Å². The molecule has 0 aliphatic rings. The molecule has 0 saturated heterocycles. The summed E-state index contributed by atoms with van der Waals surface area (Å²) in [5, 5.41) is 7.64. The van der Waals surface area contributed by atoms with Crippen LogP contribution in [0, 0.1) is 0 Å². The van der Waals surface area contributed by atoms with E-state index in [0.717, 1.165) is 6.42 Å². The molecule has 3 N–H and O–H groups in total. The Balaban J connectivity index is 2.65. The summed E-state index contributed by atoms with van der Waals surface area (Å²) in [7, 11) is -3.51. The van der Waals surface area contributed by atoms with Crippen LogP contribution in [-0.2, 0) is 20.6 Å². The van der Waals surface area contributed by atoms with E-state index in [0.29, 0.717) is 17.7 Å². The van der Waals surface area contributed by atoms with Gasteiger partial charge in [0.1, 0.15) is 0 Å². The lowest BCUT2D eigenvalue weighted by Gasteiger charge is -2.05. The van der Waals surface area contributed by atoms with Gasteiger partial charge < -0.3 is 5.32 Å². The monoisotopic (exact) mass is 256 g/mol. The summed E-state index contributed by atoms with van der Waals surface area (Å²) < 4.78 is 21.7. The van der Waals surface area contributed by atoms with Gasteiger partial charge in [0.2, 0.25) is 15.9 Å². The molecular formula is C11H16N2O3S. The van der Waals surface area contributed by atoms with Crippen molar-refractivity contribution in [3.05, 3.63) is 29.8 Å². The van der Waals surface area contributed by atoms with Crippen LogP contribution < -0.4 is 10.5 Å². The molecule has 0 aliphatic carbocycles. The third-order valence-electron chi connectivity index (χ3n) is 2.08. The molecule has 1 amide bonds. The highest BCUT2D eigenvalue weighted by molar-refractivity contribution is 7.88. The van der Waals surface area contributed by atoms with Gasteiger partial charge in [-0.05, 0) is 24.1 Å². The van der Waals surface area contributed by atoms with E-state index in [2.05, 4.69) is 5.32 Å². The van der Waals surface area contributed by atoms with Crippen LogP contribution in [-0.4, -0.2) is 14.3 Å². The molecule has 94 valence electrons. The highest BCUT2D eigenvalue weighted by Crippen LogP contribution is 2.11. The van der Waals surface area contributed by atoms with Crippen molar-refractivity contribution in [2.75, 3.05) is 5.32 Å². The minimum absolute atomic E-state index is 0.0494. The van der Waals surface area contributed by atoms with E-state index in [4.69, 9.17) is 5.14 Å². The zero-order valence-corrected chi connectivity index (χ0v) is 10.5. The molecule has 0 saturated carbocycles. The second kappa shape index (κ2) is 5.79. The molecule has 0 fully saturated rings. The molecule has 0 unspecified atom stereocenters. The molecule has 0 aromatic heterocycles. The van der Waals surface area contributed by atoms with E-state index < -0.39 is 10.0 Å². The number of anilines is 1. The molecule has 0 radical (unpaired) electrons. The molecule has 0 heterocycles. The van der Waals surface area contributed by atoms with Crippen molar-refractivity contribution >= 4 is 21.6 Å². The summed E-state index contributed by atoms with van der Waals surface area (Å²) in [6.07, 6.45) is 1.26. The van der Waals surface area contributed by atoms with Crippen molar-refractivity contribution < 1.29 is 13.2 Å². The van der Waals surface area contributed by atoms with Gasteiger partial charge in [0, 0.05) is 12.1 Å². The Labute approximate surface area is 101 Å². The maximum atomic E-state index is 11.3. The fourth-order valence-corrected chi connectivity index (χ4v) is 2.02. The lowest BCUT2D eigenvalue weighted by molar-refractivity contribution is -0.116. The summed E-state index contributed by atoms with van der Waals surface area (Å²) in [6.45, 7) is 1.93. The molecule has 5 nitrogen and oxygen atoms in total. The van der Waals surface area contributed by atoms with Crippen LogP contribution in [0.25, 0.3) is 0 Å². The van der Waals surface area contributed by atoms with Crippen LogP contribution in [0.15, 0.2) is 24.3 Å². The van der Waals surface area contributed by atoms with Gasteiger partial charge >= 0.3 is 0 Å². The smallest absolute Gasteiger partial charge is 0.224 e. The third-order valence-corrected chi connectivity index (χ3v) is 2.82. The van der Waals surface area contributed by atoms with Gasteiger partial charge in [-0.1, -0.05) is 19.1 Å². The predicted octanol–water partition coefficient (Wildman–Crippen LogP) is 1.21. The van der Waals surface area contributed by atoms with E-state index in [1.165, 1.54) is 0 Å². The van der Waals surface area contributed by atoms with Gasteiger partial charge in [0.05, 0.1) is 5.75 Å². The predicted molar refractivity (Wildman–Crippen MR) is 66.8 cm³/mol. The molecule has 1 aromatic rings. The average molecular weight is 256 g/mol. The quantitative estimate of drug-likeness (QED) is 0.829. The van der Waals surface area contributed by atoms with Crippen molar-refractivity contribution in [3.8, 4) is 0 Å². The average Bonchev–Trinajstić information content (AvgIpc) is 2.19. The standard InChI is InChI=1S/C11H16N2O3S/c1-2-3-11(14)13-10-6-4-9(5-7-10)8-17(12,15)16/h4-7H,2-3,8H2,1H3,(H,13,14)(H2,12,15,16). The van der Waals surface area contributed by atoms with E-state index in [-0.39, 0.29) is 11.7 Å². The Morgan fingerprint density at radius 3 is 2.35 bits per heavy atom. The number of rotatable bonds is 5. The summed E-state index contributed by atoms with van der Waals surface area (Å²) in [5.41, 5.74) is 1.25. The lowest BCUT2D eigenvalue weighted by atomic mass is 10.2. The fourth-order valence-electron chi connectivity index (χ4n) is 1.37. The maximum Gasteiger partial charge on any atom is 0.224 e. The normalized spacial score (nSPS) is 11.2. The Bertz CT molecular complexity index is 480. The topological polar surface area (TPSA) is 89.3 Å². The molecule has 0 bridgehead atoms. The first-order chi connectivity index (χ1) is 7.90. The Kier molecular flexibility index (Phi) is 4.65. The number of benzene rings is 1. The van der Waals surface area contributed by atoms with Crippen molar-refractivity contribution in [2.24, 2.45) is 5.14 Å². The zero-order valence-electron chi connectivity index (χ0n) is 9.64. The van der Waals surface area contributed by atoms with E-state index in [9.17, 15) is 13.2 Å². The Morgan fingerprint density at radius 1 is 1.29 bits per heavy atom. The minimum atomic E-state index is -3.51. The molecule has 1 aromatic carbocycles. The number of sulfonamides is 1. The van der Waals surface area contributed by atoms with E-state index >= 15 is 0 Å². The summed E-state index contributed by atoms with van der Waals surface area (Å²) in [6, 6.07) is 6.58. The SMILES string of the molecule is CCCC(=O)Nc1ccc(CS(N)(=O)=O)cc1. The van der Waals surface area contributed by atoms with E-state index in [1.54, 1.807) is 24.3 Å². The first-order valence-electron chi connectivity index (χ1n) is 5.30. The van der Waals surface area contributed by atoms with Crippen LogP contribution in [0.4, 0.5) is 5.69 Å². The molecule has 0 spiro atoms. The van der Waals surface area contributed by atoms with Crippen LogP contribution in [0.3, 0.4) is 0 Å². The van der Waals surface area contributed by atoms with E-state index in [1.807, 2.05) is 6.92 Å². The molecule has 0 aliphatic heterocycles. The first-order valence-corrected chi connectivity index (χ1v) is 7.01. The number of hydrogen-bond acceptors (Lipinski definition) is 3. The second-order valence-electron chi connectivity index (χ2n) is 3.80. The second-order valence-corrected chi connectivity index (χ2v) is 5.42. The van der Waals surface area contributed by atoms with Crippen molar-refractivity contribution in [2.45, 2.75) is 25.5 Å². The number of nitrogens with one attached hydrogen (secondary N) is 1. The molecule has 6 heteroatoms. The highest BCUT2D eigenvalue weighted by atomic mass is 32.2. The van der Waals surface area contributed by atoms with Gasteiger partial charge in [-0.15, -0.1) is 0 Å². The third kappa shape index (κ3) is 5.46. The number of primary sulfonamides is 1. The van der Waals surface area contributed by atoms with Gasteiger partial charge in [-0.2, -0.15) is 0 Å². The number of carbonyl (C=O) groups excluding carboxylic acids is 1. The van der Waals surface area contributed by atoms with Gasteiger partial charge in [-0.25, -0.2) is 13.6 Å². The Hall–Kier alpha value is -1.40. The highest BCUT2D eigenvalue weighted by Gasteiger charge is 2.05. The Morgan fingerprint density at radius 2 is 1.88 bits per heavy atom. The van der Waals surface area contributed by atoms with Crippen molar-refractivity contribution in [3.63, 3.8) is 0 Å². The number of nitrogens with two attached hydrogens (primary N) is 1.